The number of hydrogen-bond acceptors (Lipinski definition) is 5. The first-order chi connectivity index (χ1) is 16.7. The van der Waals surface area contributed by atoms with Gasteiger partial charge >= 0.3 is 0 Å². The first kappa shape index (κ1) is 25.1. The lowest BCUT2D eigenvalue weighted by Gasteiger charge is -2.30. The summed E-state index contributed by atoms with van der Waals surface area (Å²) in [5.41, 5.74) is 3.98. The molecule has 1 saturated heterocycles. The molecule has 4 rings (SSSR count). The average Bonchev–Trinajstić information content (AvgIpc) is 3.33. The van der Waals surface area contributed by atoms with E-state index < -0.39 is 10.0 Å². The summed E-state index contributed by atoms with van der Waals surface area (Å²) in [7, 11) is -3.55. The van der Waals surface area contributed by atoms with Gasteiger partial charge in [0.25, 0.3) is 0 Å². The van der Waals surface area contributed by atoms with Crippen LogP contribution in [0.3, 0.4) is 0 Å². The third kappa shape index (κ3) is 6.00. The normalized spacial score (nSPS) is 15.4. The maximum absolute atomic E-state index is 13.0. The molecule has 2 aromatic carbocycles. The molecule has 8 heteroatoms. The van der Waals surface area contributed by atoms with Crippen LogP contribution in [0.25, 0.3) is 11.5 Å². The highest BCUT2D eigenvalue weighted by Crippen LogP contribution is 2.25. The number of amides is 1. The van der Waals surface area contributed by atoms with Crippen molar-refractivity contribution in [3.8, 4) is 11.5 Å². The molecule has 1 aliphatic heterocycles. The summed E-state index contributed by atoms with van der Waals surface area (Å²) in [5, 5.41) is 2.97. The molecule has 0 saturated carbocycles. The molecule has 0 aliphatic carbocycles. The fourth-order valence-electron chi connectivity index (χ4n) is 4.24. The zero-order chi connectivity index (χ0) is 25.0. The monoisotopic (exact) mass is 495 g/mol. The highest BCUT2D eigenvalue weighted by atomic mass is 32.2. The third-order valence-electron chi connectivity index (χ3n) is 6.54. The van der Waals surface area contributed by atoms with Gasteiger partial charge in [-0.1, -0.05) is 43.7 Å². The summed E-state index contributed by atoms with van der Waals surface area (Å²) in [6.07, 6.45) is 3.21. The Bertz CT molecular complexity index is 1240. The van der Waals surface area contributed by atoms with Gasteiger partial charge in [-0.2, -0.15) is 4.31 Å². The van der Waals surface area contributed by atoms with Crippen LogP contribution in [-0.2, 0) is 21.2 Å². The number of carbonyl (C=O) groups excluding carboxylic acids is 1. The van der Waals surface area contributed by atoms with Crippen molar-refractivity contribution in [2.45, 2.75) is 50.8 Å². The van der Waals surface area contributed by atoms with Crippen LogP contribution >= 0.6 is 0 Å². The predicted molar refractivity (Wildman–Crippen MR) is 135 cm³/mol. The largest absolute Gasteiger partial charge is 0.444 e. The molecule has 186 valence electrons. The second-order valence-electron chi connectivity index (χ2n) is 9.45. The Morgan fingerprint density at radius 1 is 1.09 bits per heavy atom. The number of aromatic nitrogens is 1. The van der Waals surface area contributed by atoms with Crippen molar-refractivity contribution in [1.29, 1.82) is 0 Å². The standard InChI is InChI=1S/C27H33N3O4S/c1-19(2)21-8-10-25(11-9-21)35(32,33)30-16-13-22(14-17-30)26(31)28-15-12-24-18-34-27(29-24)23-6-4-20(3)5-7-23/h4-11,18-19,22H,12-17H2,1-3H3,(H,28,31). The van der Waals surface area contributed by atoms with Gasteiger partial charge in [-0.15, -0.1) is 0 Å². The maximum Gasteiger partial charge on any atom is 0.243 e. The minimum Gasteiger partial charge on any atom is -0.444 e. The van der Waals surface area contributed by atoms with Crippen molar-refractivity contribution in [1.82, 2.24) is 14.6 Å². The summed E-state index contributed by atoms with van der Waals surface area (Å²) < 4.78 is 33.1. The smallest absolute Gasteiger partial charge is 0.243 e. The molecule has 0 spiro atoms. The fourth-order valence-corrected chi connectivity index (χ4v) is 5.71. The van der Waals surface area contributed by atoms with E-state index in [1.807, 2.05) is 43.3 Å². The van der Waals surface area contributed by atoms with Gasteiger partial charge in [-0.05, 0) is 55.5 Å². The maximum atomic E-state index is 13.0. The Hall–Kier alpha value is -2.97. The minimum atomic E-state index is -3.55. The molecule has 1 fully saturated rings. The molecule has 35 heavy (non-hydrogen) atoms. The molecule has 1 aliphatic rings. The second kappa shape index (κ2) is 10.7. The summed E-state index contributed by atoms with van der Waals surface area (Å²) in [6.45, 7) is 7.33. The highest BCUT2D eigenvalue weighted by molar-refractivity contribution is 7.89. The molecule has 0 radical (unpaired) electrons. The zero-order valence-electron chi connectivity index (χ0n) is 20.5. The lowest BCUT2D eigenvalue weighted by molar-refractivity contribution is -0.126. The molecular formula is C27H33N3O4S. The van der Waals surface area contributed by atoms with Crippen LogP contribution in [0.4, 0.5) is 0 Å². The average molecular weight is 496 g/mol. The molecule has 0 bridgehead atoms. The van der Waals surface area contributed by atoms with Gasteiger partial charge in [-0.25, -0.2) is 13.4 Å². The Morgan fingerprint density at radius 2 is 1.74 bits per heavy atom. The van der Waals surface area contributed by atoms with Gasteiger partial charge in [-0.3, -0.25) is 4.79 Å². The Balaban J connectivity index is 1.24. The van der Waals surface area contributed by atoms with Crippen LogP contribution in [0.5, 0.6) is 0 Å². The van der Waals surface area contributed by atoms with Gasteiger partial charge in [0.1, 0.15) is 6.26 Å². The summed E-state index contributed by atoms with van der Waals surface area (Å²) >= 11 is 0. The molecular weight excluding hydrogens is 462 g/mol. The van der Waals surface area contributed by atoms with Crippen LogP contribution in [0.1, 0.15) is 49.4 Å². The van der Waals surface area contributed by atoms with Crippen LogP contribution < -0.4 is 5.32 Å². The SMILES string of the molecule is Cc1ccc(-c2nc(CCNC(=O)C3CCN(S(=O)(=O)c4ccc(C(C)C)cc4)CC3)co2)cc1. The molecule has 1 N–H and O–H groups in total. The Morgan fingerprint density at radius 3 is 2.37 bits per heavy atom. The Labute approximate surface area is 207 Å². The van der Waals surface area contributed by atoms with E-state index in [1.54, 1.807) is 18.4 Å². The first-order valence-corrected chi connectivity index (χ1v) is 13.6. The number of aryl methyl sites for hydroxylation is 1. The van der Waals surface area contributed by atoms with E-state index in [2.05, 4.69) is 24.1 Å². The highest BCUT2D eigenvalue weighted by Gasteiger charge is 2.32. The molecule has 3 aromatic rings. The van der Waals surface area contributed by atoms with Crippen molar-refractivity contribution in [2.24, 2.45) is 5.92 Å². The molecule has 0 atom stereocenters. The van der Waals surface area contributed by atoms with Crippen LogP contribution in [0.2, 0.25) is 0 Å². The van der Waals surface area contributed by atoms with Crippen LogP contribution in [0, 0.1) is 12.8 Å². The van der Waals surface area contributed by atoms with Crippen molar-refractivity contribution in [3.63, 3.8) is 0 Å². The van der Waals surface area contributed by atoms with Crippen LogP contribution in [-0.4, -0.2) is 43.2 Å². The molecule has 2 heterocycles. The fraction of sp³-hybridized carbons (Fsp3) is 0.407. The van der Waals surface area contributed by atoms with Crippen molar-refractivity contribution >= 4 is 15.9 Å². The number of benzene rings is 2. The first-order valence-electron chi connectivity index (χ1n) is 12.1. The van der Waals surface area contributed by atoms with Gasteiger partial charge in [0, 0.05) is 37.5 Å². The van der Waals surface area contributed by atoms with Gasteiger partial charge in [0.05, 0.1) is 10.6 Å². The quantitative estimate of drug-likeness (QED) is 0.496. The number of oxazole rings is 1. The topological polar surface area (TPSA) is 92.5 Å². The van der Waals surface area contributed by atoms with E-state index >= 15 is 0 Å². The van der Waals surface area contributed by atoms with Crippen LogP contribution in [0.15, 0.2) is 64.1 Å². The number of nitrogens with zero attached hydrogens (tertiary/aromatic N) is 2. The number of nitrogens with one attached hydrogen (secondary N) is 1. The second-order valence-corrected chi connectivity index (χ2v) is 11.4. The lowest BCUT2D eigenvalue weighted by Crippen LogP contribution is -2.43. The molecule has 1 aromatic heterocycles. The molecule has 7 nitrogen and oxygen atoms in total. The van der Waals surface area contributed by atoms with Crippen molar-refractivity contribution in [3.05, 3.63) is 71.6 Å². The van der Waals surface area contributed by atoms with Crippen molar-refractivity contribution < 1.29 is 17.6 Å². The summed E-state index contributed by atoms with van der Waals surface area (Å²) in [6, 6.07) is 15.1. The van der Waals surface area contributed by atoms with E-state index in [0.717, 1.165) is 16.8 Å². The summed E-state index contributed by atoms with van der Waals surface area (Å²) in [5.74, 6) is 0.690. The van der Waals surface area contributed by atoms with E-state index in [1.165, 1.54) is 9.87 Å². The Kier molecular flexibility index (Phi) is 7.72. The third-order valence-corrected chi connectivity index (χ3v) is 8.45. The van der Waals surface area contributed by atoms with E-state index in [9.17, 15) is 13.2 Å². The van der Waals surface area contributed by atoms with Gasteiger partial charge in [0.2, 0.25) is 21.8 Å². The summed E-state index contributed by atoms with van der Waals surface area (Å²) in [4.78, 5) is 17.5. The number of rotatable bonds is 8. The zero-order valence-corrected chi connectivity index (χ0v) is 21.3. The molecule has 0 unspecified atom stereocenters. The molecule has 1 amide bonds. The lowest BCUT2D eigenvalue weighted by atomic mass is 9.97. The van der Waals surface area contributed by atoms with Gasteiger partial charge < -0.3 is 9.73 Å². The van der Waals surface area contributed by atoms with Crippen molar-refractivity contribution in [2.75, 3.05) is 19.6 Å². The minimum absolute atomic E-state index is 0.0365. The number of sulfonamides is 1. The number of carbonyl (C=O) groups is 1. The van der Waals surface area contributed by atoms with Gasteiger partial charge in [0.15, 0.2) is 0 Å². The van der Waals surface area contributed by atoms with E-state index in [0.29, 0.717) is 55.6 Å². The van der Waals surface area contributed by atoms with E-state index in [-0.39, 0.29) is 11.8 Å². The predicted octanol–water partition coefficient (Wildman–Crippen LogP) is 4.53. The number of piperidine rings is 1. The number of hydrogen-bond donors (Lipinski definition) is 1. The van der Waals surface area contributed by atoms with E-state index in [4.69, 9.17) is 4.42 Å².